The van der Waals surface area contributed by atoms with Crippen LogP contribution in [0.25, 0.3) is 33.6 Å². The second-order valence-electron chi connectivity index (χ2n) is 7.01. The lowest BCUT2D eigenvalue weighted by Crippen LogP contribution is -2.26. The maximum atomic E-state index is 12.9. The first-order valence-electron chi connectivity index (χ1n) is 9.54. The van der Waals surface area contributed by atoms with E-state index in [9.17, 15) is 18.0 Å². The summed E-state index contributed by atoms with van der Waals surface area (Å²) in [5, 5.41) is 9.33. The Labute approximate surface area is 190 Å². The Kier molecular flexibility index (Phi) is 5.01. The van der Waals surface area contributed by atoms with E-state index in [0.717, 1.165) is 15.9 Å². The summed E-state index contributed by atoms with van der Waals surface area (Å²) >= 11 is 1.03. The summed E-state index contributed by atoms with van der Waals surface area (Å²) in [6.45, 7) is 0. The normalized spacial score (nSPS) is 12.5. The molecule has 0 saturated heterocycles. The third kappa shape index (κ3) is 4.00. The van der Waals surface area contributed by atoms with Crippen LogP contribution < -0.4 is 20.8 Å². The van der Waals surface area contributed by atoms with Crippen LogP contribution in [0.3, 0.4) is 0 Å². The SMILES string of the molecule is NS(=O)(=O)c1ccc(-c2ccc(C=c3sc4nc(=O)c(-c5ccccc5)nn4c3=O)o2)cc1. The zero-order valence-electron chi connectivity index (χ0n) is 16.7. The van der Waals surface area contributed by atoms with Gasteiger partial charge in [-0.05, 0) is 36.4 Å². The molecule has 164 valence electrons. The monoisotopic (exact) mass is 478 g/mol. The Morgan fingerprint density at radius 2 is 1.67 bits per heavy atom. The fourth-order valence-electron chi connectivity index (χ4n) is 3.21. The van der Waals surface area contributed by atoms with Gasteiger partial charge in [0.05, 0.1) is 4.90 Å². The fourth-order valence-corrected chi connectivity index (χ4v) is 4.61. The van der Waals surface area contributed by atoms with Crippen molar-refractivity contribution in [2.75, 3.05) is 0 Å². The van der Waals surface area contributed by atoms with Crippen molar-refractivity contribution in [2.24, 2.45) is 5.14 Å². The van der Waals surface area contributed by atoms with E-state index in [0.29, 0.717) is 27.2 Å². The molecular weight excluding hydrogens is 464 g/mol. The van der Waals surface area contributed by atoms with Crippen molar-refractivity contribution in [3.8, 4) is 22.6 Å². The number of primary sulfonamides is 1. The Morgan fingerprint density at radius 3 is 2.36 bits per heavy atom. The molecule has 11 heteroatoms. The molecule has 5 aromatic rings. The van der Waals surface area contributed by atoms with Crippen molar-refractivity contribution in [3.05, 3.63) is 97.7 Å². The summed E-state index contributed by atoms with van der Waals surface area (Å²) in [6, 6.07) is 18.1. The molecule has 5 rings (SSSR count). The van der Waals surface area contributed by atoms with Gasteiger partial charge in [-0.3, -0.25) is 9.59 Å². The van der Waals surface area contributed by atoms with Crippen LogP contribution in [0.5, 0.6) is 0 Å². The highest BCUT2D eigenvalue weighted by Gasteiger charge is 2.13. The highest BCUT2D eigenvalue weighted by atomic mass is 32.2. The molecule has 0 atom stereocenters. The number of aromatic nitrogens is 3. The van der Waals surface area contributed by atoms with E-state index >= 15 is 0 Å². The summed E-state index contributed by atoms with van der Waals surface area (Å²) in [5.74, 6) is 0.878. The van der Waals surface area contributed by atoms with E-state index in [4.69, 9.17) is 9.56 Å². The Balaban J connectivity index is 1.54. The number of hydrogen-bond donors (Lipinski definition) is 1. The second-order valence-corrected chi connectivity index (χ2v) is 9.58. The average Bonchev–Trinajstić information content (AvgIpc) is 3.38. The molecule has 0 fully saturated rings. The summed E-state index contributed by atoms with van der Waals surface area (Å²) in [4.78, 5) is 29.5. The van der Waals surface area contributed by atoms with Gasteiger partial charge in [-0.2, -0.15) is 14.6 Å². The molecule has 0 unspecified atom stereocenters. The van der Waals surface area contributed by atoms with E-state index in [1.807, 2.05) is 6.07 Å². The molecule has 2 aromatic carbocycles. The van der Waals surface area contributed by atoms with Gasteiger partial charge < -0.3 is 4.42 Å². The molecule has 0 aliphatic carbocycles. The lowest BCUT2D eigenvalue weighted by atomic mass is 10.2. The number of rotatable bonds is 4. The van der Waals surface area contributed by atoms with Crippen molar-refractivity contribution in [2.45, 2.75) is 4.90 Å². The van der Waals surface area contributed by atoms with Gasteiger partial charge >= 0.3 is 5.56 Å². The fraction of sp³-hybridized carbons (Fsp3) is 0. The molecule has 3 heterocycles. The van der Waals surface area contributed by atoms with Crippen LogP contribution in [0.15, 0.2) is 85.6 Å². The average molecular weight is 479 g/mol. The minimum Gasteiger partial charge on any atom is -0.457 e. The molecule has 0 radical (unpaired) electrons. The van der Waals surface area contributed by atoms with Crippen molar-refractivity contribution in [3.63, 3.8) is 0 Å². The topological polar surface area (TPSA) is 138 Å². The van der Waals surface area contributed by atoms with Crippen LogP contribution in [0, 0.1) is 0 Å². The molecule has 3 aromatic heterocycles. The van der Waals surface area contributed by atoms with Gasteiger partial charge in [-0.15, -0.1) is 0 Å². The van der Waals surface area contributed by atoms with Gasteiger partial charge in [0, 0.05) is 17.2 Å². The Morgan fingerprint density at radius 1 is 0.939 bits per heavy atom. The first kappa shape index (κ1) is 20.9. The maximum absolute atomic E-state index is 12.9. The zero-order valence-corrected chi connectivity index (χ0v) is 18.3. The van der Waals surface area contributed by atoms with Gasteiger partial charge in [0.1, 0.15) is 16.1 Å². The molecule has 0 bridgehead atoms. The van der Waals surface area contributed by atoms with Crippen LogP contribution in [0.1, 0.15) is 5.76 Å². The number of thiazole rings is 1. The molecule has 0 amide bonds. The second kappa shape index (κ2) is 7.89. The highest BCUT2D eigenvalue weighted by Crippen LogP contribution is 2.24. The van der Waals surface area contributed by atoms with E-state index in [-0.39, 0.29) is 15.6 Å². The van der Waals surface area contributed by atoms with Crippen molar-refractivity contribution in [1.82, 2.24) is 14.6 Å². The lowest BCUT2D eigenvalue weighted by Gasteiger charge is -2.00. The summed E-state index contributed by atoms with van der Waals surface area (Å²) in [7, 11) is -3.79. The quantitative estimate of drug-likeness (QED) is 0.414. The third-order valence-corrected chi connectivity index (χ3v) is 6.69. The number of hydrogen-bond acceptors (Lipinski definition) is 8. The Hall–Kier alpha value is -3.93. The third-order valence-electron chi connectivity index (χ3n) is 4.80. The van der Waals surface area contributed by atoms with Crippen molar-refractivity contribution >= 4 is 32.4 Å². The smallest absolute Gasteiger partial charge is 0.300 e. The van der Waals surface area contributed by atoms with Crippen molar-refractivity contribution in [1.29, 1.82) is 0 Å². The minimum atomic E-state index is -3.79. The number of benzene rings is 2. The first-order chi connectivity index (χ1) is 15.8. The van der Waals surface area contributed by atoms with E-state index in [1.54, 1.807) is 48.5 Å². The van der Waals surface area contributed by atoms with E-state index in [2.05, 4.69) is 10.1 Å². The minimum absolute atomic E-state index is 0.00416. The number of sulfonamides is 1. The Bertz CT molecular complexity index is 1770. The van der Waals surface area contributed by atoms with Crippen LogP contribution >= 0.6 is 11.3 Å². The molecule has 2 N–H and O–H groups in total. The summed E-state index contributed by atoms with van der Waals surface area (Å²) < 4.78 is 30.0. The van der Waals surface area contributed by atoms with Crippen LogP contribution in [-0.4, -0.2) is 23.0 Å². The lowest BCUT2D eigenvalue weighted by molar-refractivity contribution is 0.571. The summed E-state index contributed by atoms with van der Waals surface area (Å²) in [6.07, 6.45) is 1.54. The molecule has 0 spiro atoms. The maximum Gasteiger partial charge on any atom is 0.300 e. The molecule has 0 aliphatic heterocycles. The largest absolute Gasteiger partial charge is 0.457 e. The van der Waals surface area contributed by atoms with Crippen molar-refractivity contribution < 1.29 is 12.8 Å². The number of fused-ring (bicyclic) bond motifs is 1. The molecule has 33 heavy (non-hydrogen) atoms. The predicted molar refractivity (Wildman–Crippen MR) is 123 cm³/mol. The van der Waals surface area contributed by atoms with Gasteiger partial charge in [-0.25, -0.2) is 13.6 Å². The van der Waals surface area contributed by atoms with Gasteiger partial charge in [-0.1, -0.05) is 41.7 Å². The van der Waals surface area contributed by atoms with E-state index in [1.165, 1.54) is 18.2 Å². The number of furan rings is 1. The zero-order chi connectivity index (χ0) is 23.2. The molecule has 9 nitrogen and oxygen atoms in total. The van der Waals surface area contributed by atoms with Crippen LogP contribution in [0.4, 0.5) is 0 Å². The molecule has 0 saturated carbocycles. The van der Waals surface area contributed by atoms with Crippen LogP contribution in [0.2, 0.25) is 0 Å². The first-order valence-corrected chi connectivity index (χ1v) is 11.9. The van der Waals surface area contributed by atoms with Gasteiger partial charge in [0.15, 0.2) is 5.69 Å². The van der Waals surface area contributed by atoms with Gasteiger partial charge in [0.2, 0.25) is 15.0 Å². The summed E-state index contributed by atoms with van der Waals surface area (Å²) in [5.41, 5.74) is 0.372. The van der Waals surface area contributed by atoms with Crippen LogP contribution in [-0.2, 0) is 10.0 Å². The van der Waals surface area contributed by atoms with E-state index < -0.39 is 21.1 Å². The number of nitrogens with two attached hydrogens (primary N) is 1. The molecule has 0 aliphatic rings. The predicted octanol–water partition coefficient (Wildman–Crippen LogP) is 1.63. The highest BCUT2D eigenvalue weighted by molar-refractivity contribution is 7.89. The molecular formula is C22H14N4O5S2. The number of nitrogens with zero attached hydrogens (tertiary/aromatic N) is 3. The standard InChI is InChI=1S/C22H14N4O5S2/c23-33(29,30)16-9-6-13(7-10-16)17-11-8-15(31-17)12-18-21(28)26-22(32-18)24-20(27)19(25-26)14-4-2-1-3-5-14/h1-12H,(H2,23,29,30). The van der Waals surface area contributed by atoms with Gasteiger partial charge in [0.25, 0.3) is 5.56 Å².